The topological polar surface area (TPSA) is 65.1 Å². The van der Waals surface area contributed by atoms with Crippen molar-refractivity contribution in [2.75, 3.05) is 13.1 Å². The zero-order chi connectivity index (χ0) is 18.0. The van der Waals surface area contributed by atoms with E-state index in [0.717, 1.165) is 24.7 Å². The molecule has 3 rings (SSSR count). The number of nitrogens with one attached hydrogen (secondary N) is 3. The molecule has 0 aliphatic rings. The molecule has 3 N–H and O–H groups in total. The fourth-order valence-corrected chi connectivity index (χ4v) is 2.88. The molecular weight excluding hydrogens is 449 g/mol. The number of nitrogens with zero attached hydrogens (tertiary/aromatic N) is 2. The summed E-state index contributed by atoms with van der Waals surface area (Å²) in [5.74, 6) is 1.06. The third kappa shape index (κ3) is 6.39. The highest BCUT2D eigenvalue weighted by Gasteiger charge is 2.14. The van der Waals surface area contributed by atoms with Gasteiger partial charge in [-0.05, 0) is 24.1 Å². The smallest absolute Gasteiger partial charge is 0.191 e. The average molecular weight is 475 g/mol. The van der Waals surface area contributed by atoms with Gasteiger partial charge in [0, 0.05) is 25.2 Å². The lowest BCUT2D eigenvalue weighted by atomic mass is 9.91. The van der Waals surface area contributed by atoms with Crippen molar-refractivity contribution in [2.24, 2.45) is 4.99 Å². The van der Waals surface area contributed by atoms with E-state index in [-0.39, 0.29) is 29.9 Å². The van der Waals surface area contributed by atoms with Gasteiger partial charge in [0.1, 0.15) is 0 Å². The Morgan fingerprint density at radius 1 is 0.963 bits per heavy atom. The molecule has 0 saturated heterocycles. The number of aromatic nitrogens is 2. The predicted molar refractivity (Wildman–Crippen MR) is 122 cm³/mol. The number of aromatic amines is 1. The molecule has 3 aromatic rings. The van der Waals surface area contributed by atoms with Gasteiger partial charge in [-0.1, -0.05) is 60.7 Å². The predicted octanol–water partition coefficient (Wildman–Crippen LogP) is 3.91. The lowest BCUT2D eigenvalue weighted by molar-refractivity contribution is 0.728. The fraction of sp³-hybridized carbons (Fsp3) is 0.238. The molecule has 27 heavy (non-hydrogen) atoms. The highest BCUT2D eigenvalue weighted by atomic mass is 127. The largest absolute Gasteiger partial charge is 0.357 e. The van der Waals surface area contributed by atoms with Gasteiger partial charge in [-0.15, -0.1) is 24.0 Å². The summed E-state index contributed by atoms with van der Waals surface area (Å²) < 4.78 is 0. The molecule has 6 heteroatoms. The van der Waals surface area contributed by atoms with Gasteiger partial charge in [0.25, 0.3) is 0 Å². The number of hydrogen-bond donors (Lipinski definition) is 3. The van der Waals surface area contributed by atoms with Crippen LogP contribution < -0.4 is 10.6 Å². The van der Waals surface area contributed by atoms with E-state index in [1.54, 1.807) is 6.20 Å². The molecule has 1 heterocycles. The Hall–Kier alpha value is -2.35. The van der Waals surface area contributed by atoms with Crippen LogP contribution in [0.1, 0.15) is 29.7 Å². The van der Waals surface area contributed by atoms with Crippen molar-refractivity contribution in [1.29, 1.82) is 0 Å². The van der Waals surface area contributed by atoms with Gasteiger partial charge in [-0.2, -0.15) is 5.10 Å². The average Bonchev–Trinajstić information content (AvgIpc) is 3.21. The molecule has 0 radical (unpaired) electrons. The van der Waals surface area contributed by atoms with E-state index in [1.807, 2.05) is 6.07 Å². The van der Waals surface area contributed by atoms with Gasteiger partial charge in [0.05, 0.1) is 12.2 Å². The van der Waals surface area contributed by atoms with Crippen molar-refractivity contribution in [3.8, 4) is 0 Å². The van der Waals surface area contributed by atoms with Crippen LogP contribution in [-0.2, 0) is 6.54 Å². The van der Waals surface area contributed by atoms with E-state index in [4.69, 9.17) is 0 Å². The molecule has 0 saturated carbocycles. The van der Waals surface area contributed by atoms with Crippen LogP contribution in [-0.4, -0.2) is 29.2 Å². The van der Waals surface area contributed by atoms with Gasteiger partial charge in [-0.3, -0.25) is 5.10 Å². The zero-order valence-electron chi connectivity index (χ0n) is 15.4. The standard InChI is InChI=1S/C21H25N5.HI/c1-2-22-21(23-15-19-13-14-25-26-19)24-16-20(17-9-5-3-6-10-17)18-11-7-4-8-12-18;/h3-14,20H,2,15-16H2,1H3,(H,25,26)(H2,22,23,24);1H. The van der Waals surface area contributed by atoms with Gasteiger partial charge < -0.3 is 10.6 Å². The maximum absolute atomic E-state index is 4.64. The molecular formula is C21H26IN5. The maximum atomic E-state index is 4.64. The fourth-order valence-electron chi connectivity index (χ4n) is 2.88. The number of guanidine groups is 1. The highest BCUT2D eigenvalue weighted by molar-refractivity contribution is 14.0. The van der Waals surface area contributed by atoms with Crippen LogP contribution in [0.4, 0.5) is 0 Å². The molecule has 0 amide bonds. The van der Waals surface area contributed by atoms with E-state index in [2.05, 4.69) is 93.4 Å². The SMILES string of the molecule is CCNC(=NCc1ccn[nH]1)NCC(c1ccccc1)c1ccccc1.I. The summed E-state index contributed by atoms with van der Waals surface area (Å²) in [5.41, 5.74) is 3.57. The number of H-pyrrole nitrogens is 1. The molecule has 0 spiro atoms. The Balaban J connectivity index is 0.00000261. The summed E-state index contributed by atoms with van der Waals surface area (Å²) in [7, 11) is 0. The summed E-state index contributed by atoms with van der Waals surface area (Å²) >= 11 is 0. The van der Waals surface area contributed by atoms with Crippen LogP contribution in [0.5, 0.6) is 0 Å². The molecule has 2 aromatic carbocycles. The van der Waals surface area contributed by atoms with Crippen molar-refractivity contribution in [1.82, 2.24) is 20.8 Å². The Morgan fingerprint density at radius 3 is 2.11 bits per heavy atom. The Kier molecular flexibility index (Phi) is 8.83. The first-order valence-electron chi connectivity index (χ1n) is 8.97. The molecule has 0 unspecified atom stereocenters. The maximum Gasteiger partial charge on any atom is 0.191 e. The summed E-state index contributed by atoms with van der Waals surface area (Å²) in [4.78, 5) is 4.64. The van der Waals surface area contributed by atoms with Crippen LogP contribution in [0.3, 0.4) is 0 Å². The molecule has 0 bridgehead atoms. The minimum Gasteiger partial charge on any atom is -0.357 e. The zero-order valence-corrected chi connectivity index (χ0v) is 17.8. The van der Waals surface area contributed by atoms with E-state index in [9.17, 15) is 0 Å². The summed E-state index contributed by atoms with van der Waals surface area (Å²) in [6, 6.07) is 23.1. The minimum absolute atomic E-state index is 0. The lowest BCUT2D eigenvalue weighted by Gasteiger charge is -2.20. The molecule has 0 aliphatic heterocycles. The van der Waals surface area contributed by atoms with Gasteiger partial charge in [0.15, 0.2) is 5.96 Å². The van der Waals surface area contributed by atoms with Crippen molar-refractivity contribution in [3.05, 3.63) is 89.7 Å². The van der Waals surface area contributed by atoms with Crippen LogP contribution in [0.15, 0.2) is 77.9 Å². The van der Waals surface area contributed by atoms with E-state index in [1.165, 1.54) is 11.1 Å². The first-order valence-corrected chi connectivity index (χ1v) is 8.97. The van der Waals surface area contributed by atoms with Crippen molar-refractivity contribution in [2.45, 2.75) is 19.4 Å². The van der Waals surface area contributed by atoms with E-state index in [0.29, 0.717) is 6.54 Å². The molecule has 5 nitrogen and oxygen atoms in total. The van der Waals surface area contributed by atoms with Gasteiger partial charge in [0.2, 0.25) is 0 Å². The second kappa shape index (κ2) is 11.4. The Labute approximate surface area is 177 Å². The summed E-state index contributed by atoms with van der Waals surface area (Å²) in [6.45, 7) is 4.22. The quantitative estimate of drug-likeness (QED) is 0.276. The molecule has 0 atom stereocenters. The second-order valence-electron chi connectivity index (χ2n) is 6.03. The molecule has 0 aliphatic carbocycles. The van der Waals surface area contributed by atoms with Crippen LogP contribution in [0.2, 0.25) is 0 Å². The number of rotatable bonds is 7. The van der Waals surface area contributed by atoms with E-state index >= 15 is 0 Å². The molecule has 0 fully saturated rings. The molecule has 142 valence electrons. The summed E-state index contributed by atoms with van der Waals surface area (Å²) in [6.07, 6.45) is 1.74. The van der Waals surface area contributed by atoms with Crippen molar-refractivity contribution < 1.29 is 0 Å². The second-order valence-corrected chi connectivity index (χ2v) is 6.03. The normalized spacial score (nSPS) is 11.1. The van der Waals surface area contributed by atoms with Gasteiger partial charge >= 0.3 is 0 Å². The number of aliphatic imine (C=N–C) groups is 1. The first kappa shape index (κ1) is 21.0. The molecule has 1 aromatic heterocycles. The monoisotopic (exact) mass is 475 g/mol. The highest BCUT2D eigenvalue weighted by Crippen LogP contribution is 2.23. The van der Waals surface area contributed by atoms with E-state index < -0.39 is 0 Å². The van der Waals surface area contributed by atoms with Crippen LogP contribution in [0, 0.1) is 0 Å². The number of halogens is 1. The van der Waals surface area contributed by atoms with Crippen LogP contribution in [0.25, 0.3) is 0 Å². The first-order chi connectivity index (χ1) is 12.9. The van der Waals surface area contributed by atoms with Gasteiger partial charge in [-0.25, -0.2) is 4.99 Å². The summed E-state index contributed by atoms with van der Waals surface area (Å²) in [5, 5.41) is 13.7. The Bertz CT molecular complexity index is 748. The van der Waals surface area contributed by atoms with Crippen LogP contribution >= 0.6 is 24.0 Å². The van der Waals surface area contributed by atoms with Crippen molar-refractivity contribution >= 4 is 29.9 Å². The number of benzene rings is 2. The Morgan fingerprint density at radius 2 is 1.59 bits per heavy atom. The third-order valence-corrected chi connectivity index (χ3v) is 4.19. The lowest BCUT2D eigenvalue weighted by Crippen LogP contribution is -2.39. The minimum atomic E-state index is 0. The third-order valence-electron chi connectivity index (χ3n) is 4.19. The van der Waals surface area contributed by atoms with Crippen molar-refractivity contribution in [3.63, 3.8) is 0 Å². The number of hydrogen-bond acceptors (Lipinski definition) is 2.